The van der Waals surface area contributed by atoms with Crippen LogP contribution < -0.4 is 16.2 Å². The summed E-state index contributed by atoms with van der Waals surface area (Å²) in [6, 6.07) is 7.33. The zero-order chi connectivity index (χ0) is 15.6. The molecule has 8 heteroatoms. The van der Waals surface area contributed by atoms with Gasteiger partial charge in [0.05, 0.1) is 11.4 Å². The molecular formula is C13H15N3O4S. The Morgan fingerprint density at radius 2 is 2.00 bits per heavy atom. The molecular weight excluding hydrogens is 294 g/mol. The lowest BCUT2D eigenvalue weighted by molar-refractivity contribution is 0.0995. The predicted octanol–water partition coefficient (Wildman–Crippen LogP) is 0.946. The van der Waals surface area contributed by atoms with E-state index < -0.39 is 15.9 Å². The average molecular weight is 309 g/mol. The second-order valence-electron chi connectivity index (χ2n) is 4.45. The molecule has 0 radical (unpaired) electrons. The van der Waals surface area contributed by atoms with Crippen molar-refractivity contribution in [3.05, 3.63) is 47.4 Å². The molecule has 1 amide bonds. The van der Waals surface area contributed by atoms with Gasteiger partial charge in [-0.05, 0) is 36.8 Å². The fourth-order valence-corrected chi connectivity index (χ4v) is 2.25. The number of amides is 1. The third-order valence-corrected chi connectivity index (χ3v) is 3.78. The fourth-order valence-electron chi connectivity index (χ4n) is 1.71. The highest BCUT2D eigenvalue weighted by molar-refractivity contribution is 7.89. The Hall–Kier alpha value is -2.16. The second-order valence-corrected chi connectivity index (χ2v) is 6.01. The van der Waals surface area contributed by atoms with E-state index in [9.17, 15) is 13.2 Å². The van der Waals surface area contributed by atoms with Gasteiger partial charge in [0.2, 0.25) is 10.0 Å². The summed E-state index contributed by atoms with van der Waals surface area (Å²) >= 11 is 0. The molecule has 2 rings (SSSR count). The van der Waals surface area contributed by atoms with Crippen molar-refractivity contribution in [3.8, 4) is 0 Å². The van der Waals surface area contributed by atoms with Gasteiger partial charge in [0.1, 0.15) is 5.76 Å². The zero-order valence-corrected chi connectivity index (χ0v) is 12.1. The zero-order valence-electron chi connectivity index (χ0n) is 11.3. The van der Waals surface area contributed by atoms with E-state index in [0.717, 1.165) is 0 Å². The Bertz CT molecular complexity index is 780. The van der Waals surface area contributed by atoms with E-state index in [4.69, 9.17) is 15.3 Å². The summed E-state index contributed by atoms with van der Waals surface area (Å²) < 4.78 is 27.9. The molecule has 0 aliphatic rings. The van der Waals surface area contributed by atoms with E-state index in [-0.39, 0.29) is 17.2 Å². The van der Waals surface area contributed by atoms with E-state index in [1.165, 1.54) is 18.2 Å². The molecule has 7 nitrogen and oxygen atoms in total. The van der Waals surface area contributed by atoms with Crippen molar-refractivity contribution in [2.24, 2.45) is 10.9 Å². The SMILES string of the molecule is Cc1ccc(S(N)(=O)=O)cc1NC(=O)c1ccc(CN)o1. The molecule has 1 aromatic heterocycles. The first kappa shape index (κ1) is 15.2. The van der Waals surface area contributed by atoms with Crippen molar-refractivity contribution in [2.75, 3.05) is 5.32 Å². The van der Waals surface area contributed by atoms with Gasteiger partial charge in [-0.3, -0.25) is 4.79 Å². The van der Waals surface area contributed by atoms with Crippen molar-refractivity contribution in [2.45, 2.75) is 18.4 Å². The van der Waals surface area contributed by atoms with Crippen molar-refractivity contribution in [3.63, 3.8) is 0 Å². The molecule has 1 heterocycles. The molecule has 21 heavy (non-hydrogen) atoms. The average Bonchev–Trinajstić information content (AvgIpc) is 2.88. The van der Waals surface area contributed by atoms with E-state index in [0.29, 0.717) is 17.0 Å². The first-order valence-corrected chi connectivity index (χ1v) is 7.59. The Kier molecular flexibility index (Phi) is 4.12. The van der Waals surface area contributed by atoms with Gasteiger partial charge < -0.3 is 15.5 Å². The number of primary sulfonamides is 1. The number of carbonyl (C=O) groups excluding carboxylic acids is 1. The summed E-state index contributed by atoms with van der Waals surface area (Å²) in [5.74, 6) is 0.0791. The number of sulfonamides is 1. The number of furan rings is 1. The fraction of sp³-hybridized carbons (Fsp3) is 0.154. The summed E-state index contributed by atoms with van der Waals surface area (Å²) in [6.07, 6.45) is 0. The molecule has 0 bridgehead atoms. The van der Waals surface area contributed by atoms with Crippen LogP contribution in [0.1, 0.15) is 21.9 Å². The number of benzene rings is 1. The normalized spacial score (nSPS) is 11.4. The van der Waals surface area contributed by atoms with Crippen molar-refractivity contribution >= 4 is 21.6 Å². The number of nitrogens with two attached hydrogens (primary N) is 2. The number of anilines is 1. The smallest absolute Gasteiger partial charge is 0.291 e. The number of aryl methyl sites for hydroxylation is 1. The highest BCUT2D eigenvalue weighted by atomic mass is 32.2. The van der Waals surface area contributed by atoms with E-state index >= 15 is 0 Å². The van der Waals surface area contributed by atoms with Gasteiger partial charge in [-0.15, -0.1) is 0 Å². The van der Waals surface area contributed by atoms with E-state index in [2.05, 4.69) is 5.32 Å². The van der Waals surface area contributed by atoms with Crippen molar-refractivity contribution < 1.29 is 17.6 Å². The predicted molar refractivity (Wildman–Crippen MR) is 77.1 cm³/mol. The van der Waals surface area contributed by atoms with Crippen LogP contribution in [0.5, 0.6) is 0 Å². The quantitative estimate of drug-likeness (QED) is 0.774. The third kappa shape index (κ3) is 3.48. The van der Waals surface area contributed by atoms with Crippen molar-refractivity contribution in [1.82, 2.24) is 0 Å². The molecule has 5 N–H and O–H groups in total. The minimum atomic E-state index is -3.83. The lowest BCUT2D eigenvalue weighted by atomic mass is 10.2. The lowest BCUT2D eigenvalue weighted by Gasteiger charge is -2.08. The maximum atomic E-state index is 12.0. The second kappa shape index (κ2) is 5.68. The minimum absolute atomic E-state index is 0.0782. The van der Waals surface area contributed by atoms with Crippen LogP contribution in [0.2, 0.25) is 0 Å². The van der Waals surface area contributed by atoms with Crippen molar-refractivity contribution in [1.29, 1.82) is 0 Å². The van der Waals surface area contributed by atoms with Crippen LogP contribution in [0.4, 0.5) is 5.69 Å². The van der Waals surface area contributed by atoms with Crippen LogP contribution >= 0.6 is 0 Å². The van der Waals surface area contributed by atoms with Gasteiger partial charge >= 0.3 is 0 Å². The Labute approximate surface area is 122 Å². The maximum absolute atomic E-state index is 12.0. The molecule has 0 spiro atoms. The lowest BCUT2D eigenvalue weighted by Crippen LogP contribution is -2.15. The van der Waals surface area contributed by atoms with Gasteiger partial charge in [0, 0.05) is 5.69 Å². The summed E-state index contributed by atoms with van der Waals surface area (Å²) in [4.78, 5) is 12.0. The summed E-state index contributed by atoms with van der Waals surface area (Å²) in [5.41, 5.74) is 6.44. The van der Waals surface area contributed by atoms with Gasteiger partial charge in [-0.2, -0.15) is 0 Å². The van der Waals surface area contributed by atoms with E-state index in [1.54, 1.807) is 19.1 Å². The molecule has 1 aromatic carbocycles. The topological polar surface area (TPSA) is 128 Å². The largest absolute Gasteiger partial charge is 0.455 e. The van der Waals surface area contributed by atoms with Crippen LogP contribution in [0.15, 0.2) is 39.6 Å². The molecule has 0 saturated heterocycles. The first-order chi connectivity index (χ1) is 9.81. The summed E-state index contributed by atoms with van der Waals surface area (Å²) in [5, 5.41) is 7.65. The molecule has 0 unspecified atom stereocenters. The van der Waals surface area contributed by atoms with Crippen LogP contribution in [0.3, 0.4) is 0 Å². The standard InChI is InChI=1S/C13H15N3O4S/c1-8-2-4-10(21(15,18)19)6-11(8)16-13(17)12-5-3-9(7-14)20-12/h2-6H,7,14H2,1H3,(H,16,17)(H2,15,18,19). The maximum Gasteiger partial charge on any atom is 0.291 e. The van der Waals surface area contributed by atoms with Gasteiger partial charge in [-0.25, -0.2) is 13.6 Å². The van der Waals surface area contributed by atoms with Gasteiger partial charge in [0.25, 0.3) is 5.91 Å². The molecule has 0 saturated carbocycles. The summed E-state index contributed by atoms with van der Waals surface area (Å²) in [6.45, 7) is 1.92. The molecule has 2 aromatic rings. The monoisotopic (exact) mass is 309 g/mol. The molecule has 112 valence electrons. The van der Waals surface area contributed by atoms with Crippen LogP contribution in [0.25, 0.3) is 0 Å². The number of carbonyl (C=O) groups is 1. The van der Waals surface area contributed by atoms with E-state index in [1.807, 2.05) is 0 Å². The Morgan fingerprint density at radius 3 is 2.57 bits per heavy atom. The van der Waals surface area contributed by atoms with Gasteiger partial charge in [-0.1, -0.05) is 6.07 Å². The number of hydrogen-bond donors (Lipinski definition) is 3. The van der Waals surface area contributed by atoms with Crippen LogP contribution in [-0.2, 0) is 16.6 Å². The van der Waals surface area contributed by atoms with Crippen LogP contribution in [0, 0.1) is 6.92 Å². The molecule has 0 aliphatic carbocycles. The Morgan fingerprint density at radius 1 is 1.29 bits per heavy atom. The molecule has 0 fully saturated rings. The number of hydrogen-bond acceptors (Lipinski definition) is 5. The minimum Gasteiger partial charge on any atom is -0.455 e. The molecule has 0 aliphatic heterocycles. The highest BCUT2D eigenvalue weighted by Crippen LogP contribution is 2.20. The number of rotatable bonds is 4. The number of nitrogens with one attached hydrogen (secondary N) is 1. The first-order valence-electron chi connectivity index (χ1n) is 6.05. The highest BCUT2D eigenvalue weighted by Gasteiger charge is 2.15. The Balaban J connectivity index is 2.28. The van der Waals surface area contributed by atoms with Gasteiger partial charge in [0.15, 0.2) is 5.76 Å². The third-order valence-electron chi connectivity index (χ3n) is 2.87. The summed E-state index contributed by atoms with van der Waals surface area (Å²) in [7, 11) is -3.83. The molecule has 0 atom stereocenters. The van der Waals surface area contributed by atoms with Crippen LogP contribution in [-0.4, -0.2) is 14.3 Å².